The molecule has 2 N–H and O–H groups in total. The van der Waals surface area contributed by atoms with Gasteiger partial charge in [-0.3, -0.25) is 9.44 Å². The minimum Gasteiger partial charge on any atom is -0.495 e. The van der Waals surface area contributed by atoms with Crippen LogP contribution in [0.1, 0.15) is 11.1 Å². The zero-order valence-electron chi connectivity index (χ0n) is 16.8. The van der Waals surface area contributed by atoms with E-state index in [-0.39, 0.29) is 16.3 Å². The Bertz CT molecular complexity index is 1270. The van der Waals surface area contributed by atoms with Crippen molar-refractivity contribution in [1.82, 2.24) is 0 Å². The SMILES string of the molecule is COc1ccc(C)cc1NS(=O)(=O)c1ccc(NS(=O)(=O)Cc2ccc(Cl)cc2)cc1. The molecule has 0 radical (unpaired) electrons. The summed E-state index contributed by atoms with van der Waals surface area (Å²) in [5.41, 5.74) is 2.01. The number of anilines is 2. The van der Waals surface area contributed by atoms with Gasteiger partial charge in [0, 0.05) is 10.7 Å². The quantitative estimate of drug-likeness (QED) is 0.497. The van der Waals surface area contributed by atoms with Crippen LogP contribution < -0.4 is 14.2 Å². The van der Waals surface area contributed by atoms with E-state index in [1.54, 1.807) is 36.4 Å². The molecule has 31 heavy (non-hydrogen) atoms. The zero-order chi connectivity index (χ0) is 22.6. The first-order valence-electron chi connectivity index (χ1n) is 9.10. The standard InChI is InChI=1S/C21H21ClN2O5S2/c1-15-3-12-21(29-2)20(13-15)24-31(27,28)19-10-8-18(9-11-19)23-30(25,26)14-16-4-6-17(22)7-5-16/h3-13,23-24H,14H2,1-2H3. The lowest BCUT2D eigenvalue weighted by Gasteiger charge is -2.13. The van der Waals surface area contributed by atoms with E-state index in [0.717, 1.165) is 5.56 Å². The lowest BCUT2D eigenvalue weighted by Crippen LogP contribution is -2.16. The molecule has 0 saturated heterocycles. The van der Waals surface area contributed by atoms with Crippen LogP contribution in [0.5, 0.6) is 5.75 Å². The molecule has 10 heteroatoms. The van der Waals surface area contributed by atoms with Crippen LogP contribution in [0, 0.1) is 6.92 Å². The lowest BCUT2D eigenvalue weighted by atomic mass is 10.2. The van der Waals surface area contributed by atoms with Crippen molar-refractivity contribution >= 4 is 43.0 Å². The summed E-state index contributed by atoms with van der Waals surface area (Å²) >= 11 is 5.81. The van der Waals surface area contributed by atoms with Crippen molar-refractivity contribution in [2.24, 2.45) is 0 Å². The van der Waals surface area contributed by atoms with Gasteiger partial charge in [-0.15, -0.1) is 0 Å². The molecule has 7 nitrogen and oxygen atoms in total. The van der Waals surface area contributed by atoms with E-state index in [1.807, 2.05) is 13.0 Å². The molecule has 0 aromatic heterocycles. The van der Waals surface area contributed by atoms with E-state index in [9.17, 15) is 16.8 Å². The van der Waals surface area contributed by atoms with Gasteiger partial charge in [-0.25, -0.2) is 16.8 Å². The van der Waals surface area contributed by atoms with Crippen molar-refractivity contribution in [3.8, 4) is 5.75 Å². The maximum Gasteiger partial charge on any atom is 0.262 e. The van der Waals surface area contributed by atoms with Crippen molar-refractivity contribution in [3.63, 3.8) is 0 Å². The second-order valence-corrected chi connectivity index (χ2v) is 10.7. The Morgan fingerprint density at radius 2 is 1.52 bits per heavy atom. The Balaban J connectivity index is 1.74. The van der Waals surface area contributed by atoms with Gasteiger partial charge in [-0.1, -0.05) is 29.8 Å². The van der Waals surface area contributed by atoms with Gasteiger partial charge in [0.05, 0.1) is 23.4 Å². The van der Waals surface area contributed by atoms with E-state index in [1.165, 1.54) is 31.4 Å². The Morgan fingerprint density at radius 3 is 2.13 bits per heavy atom. The number of rotatable bonds is 8. The van der Waals surface area contributed by atoms with Gasteiger partial charge in [-0.2, -0.15) is 0 Å². The van der Waals surface area contributed by atoms with Gasteiger partial charge in [-0.05, 0) is 66.6 Å². The van der Waals surface area contributed by atoms with Gasteiger partial charge in [0.25, 0.3) is 10.0 Å². The minimum absolute atomic E-state index is 0.0169. The van der Waals surface area contributed by atoms with Gasteiger partial charge < -0.3 is 4.74 Å². The first kappa shape index (κ1) is 22.9. The summed E-state index contributed by atoms with van der Waals surface area (Å²) in [5.74, 6) is 0.152. The second-order valence-electron chi connectivity index (χ2n) is 6.82. The van der Waals surface area contributed by atoms with Crippen molar-refractivity contribution in [3.05, 3.63) is 82.9 Å². The molecule has 0 heterocycles. The van der Waals surface area contributed by atoms with E-state index >= 15 is 0 Å². The maximum atomic E-state index is 12.7. The molecular formula is C21H21ClN2O5S2. The largest absolute Gasteiger partial charge is 0.495 e. The normalized spacial score (nSPS) is 11.7. The molecule has 0 spiro atoms. The highest BCUT2D eigenvalue weighted by Gasteiger charge is 2.18. The van der Waals surface area contributed by atoms with Crippen LogP contribution in [0.3, 0.4) is 0 Å². The van der Waals surface area contributed by atoms with Crippen LogP contribution in [-0.2, 0) is 25.8 Å². The molecule has 0 amide bonds. The molecule has 0 unspecified atom stereocenters. The van der Waals surface area contributed by atoms with E-state index in [0.29, 0.717) is 22.0 Å². The molecule has 0 aliphatic carbocycles. The fourth-order valence-electron chi connectivity index (χ4n) is 2.82. The topological polar surface area (TPSA) is 102 Å². The Hall–Kier alpha value is -2.75. The average Bonchev–Trinajstić information content (AvgIpc) is 2.69. The number of aryl methyl sites for hydroxylation is 1. The molecular weight excluding hydrogens is 460 g/mol. The van der Waals surface area contributed by atoms with E-state index in [4.69, 9.17) is 16.3 Å². The zero-order valence-corrected chi connectivity index (χ0v) is 19.2. The summed E-state index contributed by atoms with van der Waals surface area (Å²) in [6, 6.07) is 17.1. The highest BCUT2D eigenvalue weighted by molar-refractivity contribution is 7.92. The summed E-state index contributed by atoms with van der Waals surface area (Å²) in [5, 5.41) is 0.516. The third kappa shape index (κ3) is 6.13. The molecule has 3 rings (SSSR count). The predicted molar refractivity (Wildman–Crippen MR) is 123 cm³/mol. The number of halogens is 1. The third-order valence-corrected chi connectivity index (χ3v) is 7.20. The highest BCUT2D eigenvalue weighted by atomic mass is 35.5. The van der Waals surface area contributed by atoms with Crippen molar-refractivity contribution < 1.29 is 21.6 Å². The minimum atomic E-state index is -3.90. The van der Waals surface area contributed by atoms with E-state index in [2.05, 4.69) is 9.44 Å². The lowest BCUT2D eigenvalue weighted by molar-refractivity contribution is 0.417. The molecule has 3 aromatic carbocycles. The average molecular weight is 481 g/mol. The summed E-state index contributed by atoms with van der Waals surface area (Å²) < 4.78 is 60.4. The molecule has 3 aromatic rings. The van der Waals surface area contributed by atoms with Gasteiger partial charge >= 0.3 is 0 Å². The summed E-state index contributed by atoms with van der Waals surface area (Å²) in [4.78, 5) is -0.0169. The summed E-state index contributed by atoms with van der Waals surface area (Å²) in [6.45, 7) is 1.84. The van der Waals surface area contributed by atoms with Crippen LogP contribution in [-0.4, -0.2) is 23.9 Å². The number of benzene rings is 3. The summed E-state index contributed by atoms with van der Waals surface area (Å²) in [6.07, 6.45) is 0. The molecule has 0 aliphatic rings. The van der Waals surface area contributed by atoms with Crippen molar-refractivity contribution in [2.75, 3.05) is 16.6 Å². The highest BCUT2D eigenvalue weighted by Crippen LogP contribution is 2.28. The number of hydrogen-bond donors (Lipinski definition) is 2. The molecule has 0 aliphatic heterocycles. The third-order valence-electron chi connectivity index (χ3n) is 4.31. The van der Waals surface area contributed by atoms with Crippen LogP contribution in [0.15, 0.2) is 71.6 Å². The van der Waals surface area contributed by atoms with Crippen molar-refractivity contribution in [1.29, 1.82) is 0 Å². The van der Waals surface area contributed by atoms with Crippen molar-refractivity contribution in [2.45, 2.75) is 17.6 Å². The number of ether oxygens (including phenoxy) is 1. The van der Waals surface area contributed by atoms with Crippen LogP contribution in [0.2, 0.25) is 5.02 Å². The number of nitrogens with one attached hydrogen (secondary N) is 2. The first-order valence-corrected chi connectivity index (χ1v) is 12.6. The van der Waals surface area contributed by atoms with Gasteiger partial charge in [0.15, 0.2) is 0 Å². The molecule has 164 valence electrons. The predicted octanol–water partition coefficient (Wildman–Crippen LogP) is 4.40. The van der Waals surface area contributed by atoms with Crippen LogP contribution >= 0.6 is 11.6 Å². The van der Waals surface area contributed by atoms with Crippen LogP contribution in [0.4, 0.5) is 11.4 Å². The fraction of sp³-hybridized carbons (Fsp3) is 0.143. The fourth-order valence-corrected chi connectivity index (χ4v) is 5.21. The Labute approximate surface area is 187 Å². The van der Waals surface area contributed by atoms with Crippen LogP contribution in [0.25, 0.3) is 0 Å². The Kier molecular flexibility index (Phi) is 6.78. The number of methoxy groups -OCH3 is 1. The molecule has 0 bridgehead atoms. The second kappa shape index (κ2) is 9.17. The first-order chi connectivity index (χ1) is 14.6. The monoisotopic (exact) mass is 480 g/mol. The molecule has 0 saturated carbocycles. The Morgan fingerprint density at radius 1 is 0.871 bits per heavy atom. The molecule has 0 fully saturated rings. The maximum absolute atomic E-state index is 12.7. The number of hydrogen-bond acceptors (Lipinski definition) is 5. The number of sulfonamides is 2. The molecule has 0 atom stereocenters. The summed E-state index contributed by atoms with van der Waals surface area (Å²) in [7, 11) is -6.13. The van der Waals surface area contributed by atoms with E-state index < -0.39 is 20.0 Å². The van der Waals surface area contributed by atoms with Gasteiger partial charge in [0.1, 0.15) is 5.75 Å². The van der Waals surface area contributed by atoms with Gasteiger partial charge in [0.2, 0.25) is 10.0 Å². The smallest absolute Gasteiger partial charge is 0.262 e.